The Morgan fingerprint density at radius 1 is 1.21 bits per heavy atom. The molecular formula is C21H27FN4O3. The highest BCUT2D eigenvalue weighted by Gasteiger charge is 2.40. The smallest absolute Gasteiger partial charge is 0.244 e. The van der Waals surface area contributed by atoms with Crippen LogP contribution in [0, 0.1) is 5.82 Å². The minimum Gasteiger partial charge on any atom is -0.492 e. The Bertz CT molecular complexity index is 789. The molecule has 8 heteroatoms. The number of nitrogens with zero attached hydrogens (tertiary/aromatic N) is 4. The van der Waals surface area contributed by atoms with Gasteiger partial charge in [-0.2, -0.15) is 5.10 Å². The van der Waals surface area contributed by atoms with Gasteiger partial charge in [-0.3, -0.25) is 14.4 Å². The molecule has 2 aliphatic heterocycles. The number of carbonyl (C=O) groups is 1. The van der Waals surface area contributed by atoms with Crippen LogP contribution in [0.3, 0.4) is 0 Å². The lowest BCUT2D eigenvalue weighted by Crippen LogP contribution is -2.58. The monoisotopic (exact) mass is 402 g/mol. The van der Waals surface area contributed by atoms with Crippen molar-refractivity contribution in [1.29, 1.82) is 0 Å². The molecule has 0 bridgehead atoms. The summed E-state index contributed by atoms with van der Waals surface area (Å²) in [6.45, 7) is 5.46. The first-order chi connectivity index (χ1) is 14.1. The minimum atomic E-state index is -0.262. The number of halogens is 1. The normalized spacial score (nSPS) is 19.4. The van der Waals surface area contributed by atoms with Crippen molar-refractivity contribution in [1.82, 2.24) is 19.6 Å². The number of rotatable bonds is 6. The van der Waals surface area contributed by atoms with E-state index in [1.165, 1.54) is 12.1 Å². The van der Waals surface area contributed by atoms with Crippen molar-refractivity contribution in [3.05, 3.63) is 48.5 Å². The van der Waals surface area contributed by atoms with E-state index in [4.69, 9.17) is 9.47 Å². The molecule has 1 aromatic carbocycles. The summed E-state index contributed by atoms with van der Waals surface area (Å²) >= 11 is 0. The molecule has 29 heavy (non-hydrogen) atoms. The van der Waals surface area contributed by atoms with Crippen LogP contribution in [0.1, 0.15) is 12.8 Å². The summed E-state index contributed by atoms with van der Waals surface area (Å²) in [5.74, 6) is 0.518. The maximum absolute atomic E-state index is 13.0. The lowest BCUT2D eigenvalue weighted by atomic mass is 9.89. The van der Waals surface area contributed by atoms with Crippen molar-refractivity contribution >= 4 is 5.91 Å². The number of morpholine rings is 1. The molecule has 1 spiro atoms. The fourth-order valence-electron chi connectivity index (χ4n) is 4.04. The van der Waals surface area contributed by atoms with Gasteiger partial charge in [0.05, 0.1) is 12.2 Å². The number of ether oxygens (including phenoxy) is 2. The maximum atomic E-state index is 13.0. The molecule has 0 atom stereocenters. The fourth-order valence-corrected chi connectivity index (χ4v) is 4.04. The first kappa shape index (κ1) is 19.8. The summed E-state index contributed by atoms with van der Waals surface area (Å²) < 4.78 is 26.5. The summed E-state index contributed by atoms with van der Waals surface area (Å²) in [6.07, 6.45) is 5.17. The van der Waals surface area contributed by atoms with E-state index in [1.54, 1.807) is 29.2 Å². The molecule has 1 aromatic heterocycles. The molecule has 2 fully saturated rings. The van der Waals surface area contributed by atoms with Crippen LogP contribution in [0.2, 0.25) is 0 Å². The highest BCUT2D eigenvalue weighted by atomic mass is 19.1. The van der Waals surface area contributed by atoms with Gasteiger partial charge in [-0.15, -0.1) is 0 Å². The highest BCUT2D eigenvalue weighted by molar-refractivity contribution is 5.76. The minimum absolute atomic E-state index is 0.101. The van der Waals surface area contributed by atoms with Gasteiger partial charge >= 0.3 is 0 Å². The summed E-state index contributed by atoms with van der Waals surface area (Å²) in [5, 5.41) is 4.11. The molecule has 0 N–H and O–H groups in total. The van der Waals surface area contributed by atoms with Gasteiger partial charge in [0.25, 0.3) is 0 Å². The van der Waals surface area contributed by atoms with Gasteiger partial charge in [-0.05, 0) is 43.2 Å². The Kier molecular flexibility index (Phi) is 6.10. The molecule has 4 rings (SSSR count). The van der Waals surface area contributed by atoms with Crippen LogP contribution >= 0.6 is 0 Å². The van der Waals surface area contributed by atoms with Crippen molar-refractivity contribution in [2.75, 3.05) is 45.9 Å². The van der Waals surface area contributed by atoms with E-state index >= 15 is 0 Å². The molecule has 156 valence electrons. The Labute approximate surface area is 170 Å². The quantitative estimate of drug-likeness (QED) is 0.737. The van der Waals surface area contributed by atoms with Crippen LogP contribution in [-0.2, 0) is 16.1 Å². The van der Waals surface area contributed by atoms with E-state index in [-0.39, 0.29) is 23.9 Å². The molecule has 2 aromatic rings. The number of aromatic nitrogens is 2. The van der Waals surface area contributed by atoms with Crippen LogP contribution < -0.4 is 4.74 Å². The SMILES string of the molecule is O=C(Cn1cccn1)N1CCC2(CC1)CN(CCOc1ccc(F)cc1)CCO2. The topological polar surface area (TPSA) is 59.8 Å². The van der Waals surface area contributed by atoms with E-state index in [2.05, 4.69) is 10.00 Å². The van der Waals surface area contributed by atoms with Crippen LogP contribution in [0.15, 0.2) is 42.7 Å². The Hall–Kier alpha value is -2.45. The second kappa shape index (κ2) is 8.92. The van der Waals surface area contributed by atoms with Crippen molar-refractivity contribution in [2.24, 2.45) is 0 Å². The summed E-state index contributed by atoms with van der Waals surface area (Å²) in [6, 6.07) is 7.92. The predicted molar refractivity (Wildman–Crippen MR) is 105 cm³/mol. The van der Waals surface area contributed by atoms with Crippen molar-refractivity contribution in [2.45, 2.75) is 25.0 Å². The largest absolute Gasteiger partial charge is 0.492 e. The first-order valence-electron chi connectivity index (χ1n) is 10.1. The lowest BCUT2D eigenvalue weighted by molar-refractivity contribution is -0.151. The third-order valence-corrected chi connectivity index (χ3v) is 5.70. The zero-order valence-corrected chi connectivity index (χ0v) is 16.5. The molecule has 2 saturated heterocycles. The lowest BCUT2D eigenvalue weighted by Gasteiger charge is -2.47. The number of carbonyl (C=O) groups excluding carboxylic acids is 1. The Balaban J connectivity index is 1.23. The molecule has 2 aliphatic rings. The van der Waals surface area contributed by atoms with Crippen LogP contribution in [0.25, 0.3) is 0 Å². The molecule has 0 radical (unpaired) electrons. The van der Waals surface area contributed by atoms with Gasteiger partial charge < -0.3 is 14.4 Å². The number of amides is 1. The number of hydrogen-bond acceptors (Lipinski definition) is 5. The maximum Gasteiger partial charge on any atom is 0.244 e. The van der Waals surface area contributed by atoms with E-state index in [9.17, 15) is 9.18 Å². The van der Waals surface area contributed by atoms with E-state index in [0.29, 0.717) is 32.1 Å². The molecule has 3 heterocycles. The number of benzene rings is 1. The van der Waals surface area contributed by atoms with Crippen LogP contribution in [0.5, 0.6) is 5.75 Å². The van der Waals surface area contributed by atoms with Gasteiger partial charge in [-0.25, -0.2) is 4.39 Å². The van der Waals surface area contributed by atoms with Gasteiger partial charge in [0.15, 0.2) is 0 Å². The summed E-state index contributed by atoms with van der Waals surface area (Å²) in [7, 11) is 0. The zero-order valence-electron chi connectivity index (χ0n) is 16.5. The summed E-state index contributed by atoms with van der Waals surface area (Å²) in [4.78, 5) is 16.7. The van der Waals surface area contributed by atoms with E-state index < -0.39 is 0 Å². The predicted octanol–water partition coefficient (Wildman–Crippen LogP) is 1.79. The molecule has 1 amide bonds. The number of likely N-dealkylation sites (tertiary alicyclic amines) is 1. The number of hydrogen-bond donors (Lipinski definition) is 0. The molecule has 0 aliphatic carbocycles. The van der Waals surface area contributed by atoms with Crippen molar-refractivity contribution in [3.8, 4) is 5.75 Å². The zero-order chi connectivity index (χ0) is 20.1. The molecule has 0 unspecified atom stereocenters. The highest BCUT2D eigenvalue weighted by Crippen LogP contribution is 2.30. The first-order valence-corrected chi connectivity index (χ1v) is 10.1. The average Bonchev–Trinajstić information content (AvgIpc) is 3.23. The number of piperidine rings is 1. The molecule has 7 nitrogen and oxygen atoms in total. The van der Waals surface area contributed by atoms with Gasteiger partial charge in [0, 0.05) is 45.1 Å². The van der Waals surface area contributed by atoms with Gasteiger partial charge in [0.1, 0.15) is 24.7 Å². The Morgan fingerprint density at radius 3 is 2.72 bits per heavy atom. The van der Waals surface area contributed by atoms with Crippen molar-refractivity contribution < 1.29 is 18.7 Å². The van der Waals surface area contributed by atoms with Gasteiger partial charge in [0.2, 0.25) is 5.91 Å². The van der Waals surface area contributed by atoms with Gasteiger partial charge in [-0.1, -0.05) is 0 Å². The standard InChI is InChI=1S/C21H27FN4O3/c22-18-2-4-19(5-3-18)28-14-12-24-13-15-29-21(17-24)6-10-25(11-7-21)20(27)16-26-9-1-8-23-26/h1-5,8-9H,6-7,10-17H2. The van der Waals surface area contributed by atoms with Crippen LogP contribution in [-0.4, -0.2) is 77.0 Å². The third kappa shape index (κ3) is 5.13. The average molecular weight is 402 g/mol. The second-order valence-electron chi connectivity index (χ2n) is 7.69. The third-order valence-electron chi connectivity index (χ3n) is 5.70. The van der Waals surface area contributed by atoms with Crippen LogP contribution in [0.4, 0.5) is 4.39 Å². The van der Waals surface area contributed by atoms with Crippen molar-refractivity contribution in [3.63, 3.8) is 0 Å². The summed E-state index contributed by atoms with van der Waals surface area (Å²) in [5.41, 5.74) is -0.184. The Morgan fingerprint density at radius 2 is 2.00 bits per heavy atom. The fraction of sp³-hybridized carbons (Fsp3) is 0.524. The van der Waals surface area contributed by atoms with E-state index in [0.717, 1.165) is 32.5 Å². The second-order valence-corrected chi connectivity index (χ2v) is 7.69. The molecular weight excluding hydrogens is 375 g/mol. The van der Waals surface area contributed by atoms with E-state index in [1.807, 2.05) is 11.0 Å². The molecule has 0 saturated carbocycles.